The average molecular weight is 491 g/mol. The summed E-state index contributed by atoms with van der Waals surface area (Å²) in [5.41, 5.74) is -1.99. The third-order valence-corrected chi connectivity index (χ3v) is 5.26. The van der Waals surface area contributed by atoms with Gasteiger partial charge < -0.3 is 5.32 Å². The fraction of sp³-hybridized carbons (Fsp3) is 0.0417. The van der Waals surface area contributed by atoms with Crippen molar-refractivity contribution in [2.45, 2.75) is 6.18 Å². The van der Waals surface area contributed by atoms with Crippen LogP contribution in [0.5, 0.6) is 0 Å². The molecule has 0 aliphatic rings. The van der Waals surface area contributed by atoms with Gasteiger partial charge in [-0.1, -0.05) is 17.7 Å². The zero-order valence-electron chi connectivity index (χ0n) is 16.9. The molecule has 0 fully saturated rings. The van der Waals surface area contributed by atoms with Crippen LogP contribution in [0.4, 0.5) is 27.6 Å². The third-order valence-electron chi connectivity index (χ3n) is 4.93. The summed E-state index contributed by atoms with van der Waals surface area (Å²) < 4.78 is 67.9. The number of carbonyl (C=O) groups is 2. The number of hydrogen-bond donors (Lipinski definition) is 1. The molecule has 172 valence electrons. The van der Waals surface area contributed by atoms with E-state index in [1.54, 1.807) is 24.4 Å². The molecule has 4 rings (SSSR count). The number of benzene rings is 3. The fourth-order valence-corrected chi connectivity index (χ4v) is 3.51. The molecule has 0 radical (unpaired) electrons. The highest BCUT2D eigenvalue weighted by Gasteiger charge is 2.34. The van der Waals surface area contributed by atoms with Gasteiger partial charge >= 0.3 is 6.18 Å². The van der Waals surface area contributed by atoms with Gasteiger partial charge in [0.1, 0.15) is 0 Å². The Morgan fingerprint density at radius 2 is 1.65 bits per heavy atom. The zero-order chi connectivity index (χ0) is 24.6. The van der Waals surface area contributed by atoms with Crippen molar-refractivity contribution in [2.24, 2.45) is 0 Å². The Morgan fingerprint density at radius 1 is 0.912 bits per heavy atom. The van der Waals surface area contributed by atoms with Gasteiger partial charge in [0.15, 0.2) is 17.4 Å². The standard InChI is InChI=1S/C24H12ClF5N2O2/c25-18-5-3-14(9-17(18)24(28,29)30)23(34)32-15-10-16(21(27)19(26)11-15)22(33)13-4-6-20-12(8-13)2-1-7-31-20/h1-11H,(H,32,34). The molecule has 0 aliphatic carbocycles. The van der Waals surface area contributed by atoms with E-state index >= 15 is 0 Å². The van der Waals surface area contributed by atoms with Crippen LogP contribution in [-0.4, -0.2) is 16.7 Å². The summed E-state index contributed by atoms with van der Waals surface area (Å²) in [5, 5.41) is 2.18. The van der Waals surface area contributed by atoms with Crippen molar-refractivity contribution in [3.05, 3.63) is 106 Å². The van der Waals surface area contributed by atoms with Gasteiger partial charge in [-0.2, -0.15) is 13.2 Å². The van der Waals surface area contributed by atoms with Crippen LogP contribution in [0.3, 0.4) is 0 Å². The molecular weight excluding hydrogens is 479 g/mol. The quantitative estimate of drug-likeness (QED) is 0.257. The molecule has 0 bridgehead atoms. The molecule has 1 heterocycles. The number of ketones is 1. The third kappa shape index (κ3) is 4.60. The van der Waals surface area contributed by atoms with Crippen LogP contribution in [0.1, 0.15) is 31.8 Å². The van der Waals surface area contributed by atoms with Crippen molar-refractivity contribution in [3.63, 3.8) is 0 Å². The molecule has 34 heavy (non-hydrogen) atoms. The summed E-state index contributed by atoms with van der Waals surface area (Å²) in [4.78, 5) is 29.5. The van der Waals surface area contributed by atoms with Crippen molar-refractivity contribution >= 4 is 39.9 Å². The smallest absolute Gasteiger partial charge is 0.322 e. The first-order chi connectivity index (χ1) is 16.0. The molecule has 0 aliphatic heterocycles. The van der Waals surface area contributed by atoms with E-state index in [9.17, 15) is 31.5 Å². The number of nitrogens with one attached hydrogen (secondary N) is 1. The van der Waals surface area contributed by atoms with E-state index in [2.05, 4.69) is 10.3 Å². The monoisotopic (exact) mass is 490 g/mol. The molecule has 3 aromatic carbocycles. The SMILES string of the molecule is O=C(Nc1cc(F)c(F)c(C(=O)c2ccc3ncccc3c2)c1)c1ccc(Cl)c(C(F)(F)F)c1. The summed E-state index contributed by atoms with van der Waals surface area (Å²) in [6, 6.07) is 11.7. The number of amides is 1. The van der Waals surface area contributed by atoms with Gasteiger partial charge in [-0.05, 0) is 48.5 Å². The molecule has 0 saturated carbocycles. The van der Waals surface area contributed by atoms with Gasteiger partial charge in [-0.3, -0.25) is 14.6 Å². The topological polar surface area (TPSA) is 59.1 Å². The van der Waals surface area contributed by atoms with Crippen molar-refractivity contribution in [3.8, 4) is 0 Å². The second-order valence-electron chi connectivity index (χ2n) is 7.21. The molecule has 0 unspecified atom stereocenters. The average Bonchev–Trinajstić information content (AvgIpc) is 2.80. The Morgan fingerprint density at radius 3 is 2.38 bits per heavy atom. The first-order valence-corrected chi connectivity index (χ1v) is 9.99. The Balaban J connectivity index is 1.66. The van der Waals surface area contributed by atoms with E-state index in [1.807, 2.05) is 0 Å². The molecule has 1 aromatic heterocycles. The fourth-order valence-electron chi connectivity index (χ4n) is 3.29. The summed E-state index contributed by atoms with van der Waals surface area (Å²) >= 11 is 5.55. The van der Waals surface area contributed by atoms with E-state index in [1.165, 1.54) is 12.1 Å². The van der Waals surface area contributed by atoms with Crippen molar-refractivity contribution in [1.29, 1.82) is 0 Å². The Labute approximate surface area is 194 Å². The molecular formula is C24H12ClF5N2O2. The molecule has 0 spiro atoms. The first-order valence-electron chi connectivity index (χ1n) is 9.61. The predicted molar refractivity (Wildman–Crippen MR) is 116 cm³/mol. The normalized spacial score (nSPS) is 11.5. The highest BCUT2D eigenvalue weighted by atomic mass is 35.5. The van der Waals surface area contributed by atoms with Crippen molar-refractivity contribution < 1.29 is 31.5 Å². The lowest BCUT2D eigenvalue weighted by Gasteiger charge is -2.12. The van der Waals surface area contributed by atoms with E-state index in [-0.39, 0.29) is 11.3 Å². The number of pyridine rings is 1. The van der Waals surface area contributed by atoms with Gasteiger partial charge in [0, 0.05) is 34.5 Å². The lowest BCUT2D eigenvalue weighted by atomic mass is 10.00. The maximum Gasteiger partial charge on any atom is 0.417 e. The van der Waals surface area contributed by atoms with Crippen LogP contribution < -0.4 is 5.32 Å². The Bertz CT molecular complexity index is 1450. The largest absolute Gasteiger partial charge is 0.417 e. The molecule has 0 saturated heterocycles. The maximum absolute atomic E-state index is 14.5. The van der Waals surface area contributed by atoms with E-state index in [0.717, 1.165) is 18.2 Å². The summed E-state index contributed by atoms with van der Waals surface area (Å²) in [6.07, 6.45) is -3.24. The minimum absolute atomic E-state index is 0.0507. The second-order valence-corrected chi connectivity index (χ2v) is 7.61. The van der Waals surface area contributed by atoms with Crippen LogP contribution in [0.15, 0.2) is 66.9 Å². The molecule has 1 amide bonds. The number of anilines is 1. The number of fused-ring (bicyclic) bond motifs is 1. The number of aromatic nitrogens is 1. The van der Waals surface area contributed by atoms with Gasteiger partial charge in [0.2, 0.25) is 0 Å². The Kier molecular flexibility index (Phi) is 6.05. The van der Waals surface area contributed by atoms with Crippen LogP contribution in [0, 0.1) is 11.6 Å². The number of alkyl halides is 3. The number of halogens is 6. The molecule has 4 nitrogen and oxygen atoms in total. The van der Waals surface area contributed by atoms with Gasteiger partial charge in [-0.25, -0.2) is 8.78 Å². The molecule has 10 heteroatoms. The van der Waals surface area contributed by atoms with Crippen molar-refractivity contribution in [2.75, 3.05) is 5.32 Å². The lowest BCUT2D eigenvalue weighted by Crippen LogP contribution is -2.15. The van der Waals surface area contributed by atoms with E-state index < -0.39 is 51.2 Å². The van der Waals surface area contributed by atoms with Crippen LogP contribution >= 0.6 is 11.6 Å². The van der Waals surface area contributed by atoms with Crippen LogP contribution in [-0.2, 0) is 6.18 Å². The minimum atomic E-state index is -4.80. The molecule has 0 atom stereocenters. The maximum atomic E-state index is 14.5. The minimum Gasteiger partial charge on any atom is -0.322 e. The molecule has 1 N–H and O–H groups in total. The highest BCUT2D eigenvalue weighted by molar-refractivity contribution is 6.31. The van der Waals surface area contributed by atoms with E-state index in [0.29, 0.717) is 23.0 Å². The number of carbonyl (C=O) groups excluding carboxylic acids is 2. The molecule has 4 aromatic rings. The van der Waals surface area contributed by atoms with Gasteiger partial charge in [0.05, 0.1) is 21.7 Å². The summed E-state index contributed by atoms with van der Waals surface area (Å²) in [6.45, 7) is 0. The van der Waals surface area contributed by atoms with E-state index in [4.69, 9.17) is 11.6 Å². The Hall–Kier alpha value is -3.85. The van der Waals surface area contributed by atoms with Gasteiger partial charge in [0.25, 0.3) is 5.91 Å². The summed E-state index contributed by atoms with van der Waals surface area (Å²) in [5.74, 6) is -4.75. The number of nitrogens with zero attached hydrogens (tertiary/aromatic N) is 1. The predicted octanol–water partition coefficient (Wildman–Crippen LogP) is 6.67. The van der Waals surface area contributed by atoms with Crippen LogP contribution in [0.2, 0.25) is 5.02 Å². The number of rotatable bonds is 4. The highest BCUT2D eigenvalue weighted by Crippen LogP contribution is 2.35. The van der Waals surface area contributed by atoms with Crippen LogP contribution in [0.25, 0.3) is 10.9 Å². The first kappa shape index (κ1) is 23.3. The summed E-state index contributed by atoms with van der Waals surface area (Å²) in [7, 11) is 0. The number of hydrogen-bond acceptors (Lipinski definition) is 3. The van der Waals surface area contributed by atoms with Crippen molar-refractivity contribution in [1.82, 2.24) is 4.98 Å². The zero-order valence-corrected chi connectivity index (χ0v) is 17.6. The lowest BCUT2D eigenvalue weighted by molar-refractivity contribution is -0.137. The van der Waals surface area contributed by atoms with Gasteiger partial charge in [-0.15, -0.1) is 0 Å². The second kappa shape index (κ2) is 8.83.